The van der Waals surface area contributed by atoms with Gasteiger partial charge in [-0.05, 0) is 48.4 Å². The van der Waals surface area contributed by atoms with Crippen molar-refractivity contribution in [3.8, 4) is 0 Å². The number of esters is 1. The van der Waals surface area contributed by atoms with Crippen molar-refractivity contribution in [3.05, 3.63) is 101 Å². The molecule has 0 aliphatic carbocycles. The van der Waals surface area contributed by atoms with E-state index in [4.69, 9.17) is 4.74 Å². The molecule has 0 radical (unpaired) electrons. The van der Waals surface area contributed by atoms with Gasteiger partial charge in [0.05, 0.1) is 10.5 Å². The number of carbonyl (C=O) groups is 1. The SMILES string of the molecule is C[C@H](OC(=O)c1cccc(S(=O)(=O)NCc2ccccc2)c1)c1ccc(F)cc1. The molecule has 0 saturated carbocycles. The maximum Gasteiger partial charge on any atom is 0.338 e. The molecule has 29 heavy (non-hydrogen) atoms. The molecule has 3 aromatic rings. The number of benzene rings is 3. The normalized spacial score (nSPS) is 12.3. The van der Waals surface area contributed by atoms with E-state index >= 15 is 0 Å². The Balaban J connectivity index is 1.70. The molecular formula is C22H20FNO4S. The van der Waals surface area contributed by atoms with Gasteiger partial charge in [0.15, 0.2) is 0 Å². The first-order chi connectivity index (χ1) is 13.8. The highest BCUT2D eigenvalue weighted by molar-refractivity contribution is 7.89. The van der Waals surface area contributed by atoms with Crippen molar-refractivity contribution in [2.45, 2.75) is 24.5 Å². The number of carbonyl (C=O) groups excluding carboxylic acids is 1. The summed E-state index contributed by atoms with van der Waals surface area (Å²) in [5, 5.41) is 0. The molecule has 0 saturated heterocycles. The highest BCUT2D eigenvalue weighted by atomic mass is 32.2. The third-order valence-corrected chi connectivity index (χ3v) is 5.71. The Morgan fingerprint density at radius 1 is 1.00 bits per heavy atom. The molecule has 0 fully saturated rings. The van der Waals surface area contributed by atoms with E-state index in [2.05, 4.69) is 4.72 Å². The second-order valence-electron chi connectivity index (χ2n) is 6.44. The Morgan fingerprint density at radius 3 is 2.38 bits per heavy atom. The monoisotopic (exact) mass is 413 g/mol. The van der Waals surface area contributed by atoms with Crippen molar-refractivity contribution in [3.63, 3.8) is 0 Å². The minimum Gasteiger partial charge on any atom is -0.454 e. The fraction of sp³-hybridized carbons (Fsp3) is 0.136. The zero-order valence-corrected chi connectivity index (χ0v) is 16.5. The lowest BCUT2D eigenvalue weighted by Crippen LogP contribution is -2.23. The van der Waals surface area contributed by atoms with Crippen LogP contribution in [0.1, 0.15) is 34.5 Å². The molecule has 1 N–H and O–H groups in total. The number of hydrogen-bond acceptors (Lipinski definition) is 4. The highest BCUT2D eigenvalue weighted by Crippen LogP contribution is 2.20. The van der Waals surface area contributed by atoms with Crippen LogP contribution >= 0.6 is 0 Å². The minimum absolute atomic E-state index is 0.0303. The summed E-state index contributed by atoms with van der Waals surface area (Å²) >= 11 is 0. The van der Waals surface area contributed by atoms with E-state index in [1.165, 1.54) is 48.5 Å². The molecule has 0 spiro atoms. The van der Waals surface area contributed by atoms with Gasteiger partial charge in [-0.25, -0.2) is 22.3 Å². The summed E-state index contributed by atoms with van der Waals surface area (Å²) in [6, 6.07) is 20.4. The molecule has 150 valence electrons. The van der Waals surface area contributed by atoms with E-state index in [1.54, 1.807) is 6.92 Å². The Bertz CT molecular complexity index is 1080. The molecule has 7 heteroatoms. The van der Waals surface area contributed by atoms with Crippen LogP contribution in [0.5, 0.6) is 0 Å². The summed E-state index contributed by atoms with van der Waals surface area (Å²) in [6.45, 7) is 1.80. The Hall–Kier alpha value is -3.03. The summed E-state index contributed by atoms with van der Waals surface area (Å²) < 4.78 is 46.0. The summed E-state index contributed by atoms with van der Waals surface area (Å²) in [5.41, 5.74) is 1.56. The van der Waals surface area contributed by atoms with Crippen LogP contribution in [0.25, 0.3) is 0 Å². The number of sulfonamides is 1. The van der Waals surface area contributed by atoms with E-state index < -0.39 is 22.1 Å². The van der Waals surface area contributed by atoms with Crippen LogP contribution in [0.4, 0.5) is 4.39 Å². The van der Waals surface area contributed by atoms with Crippen LogP contribution in [0.3, 0.4) is 0 Å². The van der Waals surface area contributed by atoms with E-state index in [0.29, 0.717) is 5.56 Å². The molecule has 0 aromatic heterocycles. The Kier molecular flexibility index (Phi) is 6.41. The van der Waals surface area contributed by atoms with Gasteiger partial charge in [0.1, 0.15) is 11.9 Å². The van der Waals surface area contributed by atoms with Gasteiger partial charge in [-0.3, -0.25) is 0 Å². The zero-order chi connectivity index (χ0) is 20.9. The first-order valence-corrected chi connectivity index (χ1v) is 10.4. The summed E-state index contributed by atoms with van der Waals surface area (Å²) in [6.07, 6.45) is -0.612. The van der Waals surface area contributed by atoms with Crippen molar-refractivity contribution in [1.82, 2.24) is 4.72 Å². The average Bonchev–Trinajstić information content (AvgIpc) is 2.73. The predicted molar refractivity (Wildman–Crippen MR) is 107 cm³/mol. The van der Waals surface area contributed by atoms with E-state index in [-0.39, 0.29) is 22.8 Å². The number of halogens is 1. The van der Waals surface area contributed by atoms with Gasteiger partial charge in [0.25, 0.3) is 0 Å². The van der Waals surface area contributed by atoms with Crippen molar-refractivity contribution >= 4 is 16.0 Å². The third kappa shape index (κ3) is 5.49. The van der Waals surface area contributed by atoms with Crippen LogP contribution in [0.15, 0.2) is 83.8 Å². The molecular weight excluding hydrogens is 393 g/mol. The van der Waals surface area contributed by atoms with Crippen molar-refractivity contribution < 1.29 is 22.3 Å². The third-order valence-electron chi connectivity index (χ3n) is 4.31. The van der Waals surface area contributed by atoms with Gasteiger partial charge in [-0.15, -0.1) is 0 Å². The van der Waals surface area contributed by atoms with Crippen LogP contribution < -0.4 is 4.72 Å². The van der Waals surface area contributed by atoms with Gasteiger partial charge < -0.3 is 4.74 Å². The average molecular weight is 413 g/mol. The van der Waals surface area contributed by atoms with E-state index in [0.717, 1.165) is 5.56 Å². The second kappa shape index (κ2) is 8.98. The highest BCUT2D eigenvalue weighted by Gasteiger charge is 2.18. The van der Waals surface area contributed by atoms with Crippen LogP contribution in [-0.2, 0) is 21.3 Å². The lowest BCUT2D eigenvalue weighted by Gasteiger charge is -2.14. The molecule has 0 amide bonds. The first-order valence-electron chi connectivity index (χ1n) is 8.95. The molecule has 5 nitrogen and oxygen atoms in total. The smallest absolute Gasteiger partial charge is 0.338 e. The molecule has 1 atom stereocenters. The maximum atomic E-state index is 13.0. The molecule has 0 heterocycles. The van der Waals surface area contributed by atoms with E-state index in [1.807, 2.05) is 30.3 Å². The summed E-state index contributed by atoms with van der Waals surface area (Å²) in [4.78, 5) is 12.4. The number of ether oxygens (including phenoxy) is 1. The van der Waals surface area contributed by atoms with E-state index in [9.17, 15) is 17.6 Å². The van der Waals surface area contributed by atoms with Crippen LogP contribution in [0.2, 0.25) is 0 Å². The number of rotatable bonds is 7. The fourth-order valence-electron chi connectivity index (χ4n) is 2.68. The van der Waals surface area contributed by atoms with Crippen molar-refractivity contribution in [2.75, 3.05) is 0 Å². The molecule has 0 unspecified atom stereocenters. The topological polar surface area (TPSA) is 72.5 Å². The molecule has 3 aromatic carbocycles. The number of nitrogens with one attached hydrogen (secondary N) is 1. The first kappa shape index (κ1) is 20.7. The summed E-state index contributed by atoms with van der Waals surface area (Å²) in [5.74, 6) is -1.05. The minimum atomic E-state index is -3.80. The predicted octanol–water partition coefficient (Wildman–Crippen LogP) is 4.22. The van der Waals surface area contributed by atoms with Gasteiger partial charge in [-0.1, -0.05) is 48.5 Å². The van der Waals surface area contributed by atoms with Crippen LogP contribution in [-0.4, -0.2) is 14.4 Å². The molecule has 0 aliphatic rings. The largest absolute Gasteiger partial charge is 0.454 e. The lowest BCUT2D eigenvalue weighted by atomic mass is 10.1. The molecule has 3 rings (SSSR count). The fourth-order valence-corrected chi connectivity index (χ4v) is 3.74. The lowest BCUT2D eigenvalue weighted by molar-refractivity contribution is 0.0337. The van der Waals surface area contributed by atoms with Crippen molar-refractivity contribution in [2.24, 2.45) is 0 Å². The second-order valence-corrected chi connectivity index (χ2v) is 8.20. The quantitative estimate of drug-likeness (QED) is 0.589. The molecule has 0 aliphatic heterocycles. The summed E-state index contributed by atoms with van der Waals surface area (Å²) in [7, 11) is -3.80. The Morgan fingerprint density at radius 2 is 1.69 bits per heavy atom. The van der Waals surface area contributed by atoms with Gasteiger partial charge in [-0.2, -0.15) is 0 Å². The van der Waals surface area contributed by atoms with Gasteiger partial charge in [0, 0.05) is 6.54 Å². The zero-order valence-electron chi connectivity index (χ0n) is 15.7. The van der Waals surface area contributed by atoms with Gasteiger partial charge in [0.2, 0.25) is 10.0 Å². The maximum absolute atomic E-state index is 13.0. The van der Waals surface area contributed by atoms with Gasteiger partial charge >= 0.3 is 5.97 Å². The number of hydrogen-bond donors (Lipinski definition) is 1. The van der Waals surface area contributed by atoms with Crippen LogP contribution in [0, 0.1) is 5.82 Å². The standard InChI is InChI=1S/C22H20FNO4S/c1-16(18-10-12-20(23)13-11-18)28-22(25)19-8-5-9-21(14-19)29(26,27)24-15-17-6-3-2-4-7-17/h2-14,16,24H,15H2,1H3/t16-/m0/s1. The van der Waals surface area contributed by atoms with Crippen molar-refractivity contribution in [1.29, 1.82) is 0 Å². The Labute approximate surface area is 169 Å². The molecule has 0 bridgehead atoms.